The van der Waals surface area contributed by atoms with E-state index in [0.717, 1.165) is 31.7 Å². The highest BCUT2D eigenvalue weighted by molar-refractivity contribution is 5.76. The predicted molar refractivity (Wildman–Crippen MR) is 91.4 cm³/mol. The van der Waals surface area contributed by atoms with E-state index >= 15 is 0 Å². The van der Waals surface area contributed by atoms with Gasteiger partial charge in [0.15, 0.2) is 11.6 Å². The van der Waals surface area contributed by atoms with Crippen LogP contribution in [-0.4, -0.2) is 58.1 Å². The van der Waals surface area contributed by atoms with Crippen molar-refractivity contribution in [3.8, 4) is 0 Å². The number of pyridine rings is 1. The van der Waals surface area contributed by atoms with Gasteiger partial charge in [-0.15, -0.1) is 0 Å². The van der Waals surface area contributed by atoms with Gasteiger partial charge < -0.3 is 21.4 Å². The number of nitrogens with one attached hydrogen (secondary N) is 2. The van der Waals surface area contributed by atoms with Crippen molar-refractivity contribution in [1.29, 1.82) is 0 Å². The van der Waals surface area contributed by atoms with Crippen molar-refractivity contribution in [3.63, 3.8) is 0 Å². The van der Waals surface area contributed by atoms with E-state index in [2.05, 4.69) is 42.7 Å². The standard InChI is InChI=1S/C15H22N8/c1-11-3-4-12(17-9-11)20-14-13(16)15(19-10-18-14)21-23-7-5-22(2)6-8-23/h3-4,9-10H,5-8,16H2,1-2H3,(H2,17,18,19,20,21). The Hall–Kier alpha value is -2.45. The van der Waals surface area contributed by atoms with Crippen molar-refractivity contribution < 1.29 is 0 Å². The first-order valence-electron chi connectivity index (χ1n) is 7.62. The zero-order valence-electron chi connectivity index (χ0n) is 13.5. The Morgan fingerprint density at radius 1 is 1.04 bits per heavy atom. The molecular formula is C15H22N8. The minimum Gasteiger partial charge on any atom is -0.393 e. The number of likely N-dealkylation sites (N-methyl/N-ethyl adjacent to an activating group) is 1. The summed E-state index contributed by atoms with van der Waals surface area (Å²) in [6, 6.07) is 3.88. The molecule has 0 amide bonds. The molecule has 0 aromatic carbocycles. The van der Waals surface area contributed by atoms with E-state index in [0.29, 0.717) is 23.1 Å². The van der Waals surface area contributed by atoms with E-state index < -0.39 is 0 Å². The molecule has 1 saturated heterocycles. The fourth-order valence-electron chi connectivity index (χ4n) is 2.32. The predicted octanol–water partition coefficient (Wildman–Crippen LogP) is 1.08. The van der Waals surface area contributed by atoms with Gasteiger partial charge in [0, 0.05) is 32.4 Å². The molecule has 0 unspecified atom stereocenters. The van der Waals surface area contributed by atoms with Crippen LogP contribution >= 0.6 is 0 Å². The summed E-state index contributed by atoms with van der Waals surface area (Å²) in [6.07, 6.45) is 3.29. The molecule has 8 heteroatoms. The molecule has 0 atom stereocenters. The Bertz CT molecular complexity index is 649. The Kier molecular flexibility index (Phi) is 4.54. The second kappa shape index (κ2) is 6.76. The van der Waals surface area contributed by atoms with Crippen LogP contribution in [0.4, 0.5) is 23.1 Å². The zero-order valence-corrected chi connectivity index (χ0v) is 13.5. The lowest BCUT2D eigenvalue weighted by molar-refractivity contribution is 0.178. The Morgan fingerprint density at radius 3 is 2.48 bits per heavy atom. The van der Waals surface area contributed by atoms with Crippen LogP contribution in [0.2, 0.25) is 0 Å². The fourth-order valence-corrected chi connectivity index (χ4v) is 2.32. The number of nitrogens with two attached hydrogens (primary N) is 1. The number of piperazine rings is 1. The number of nitrogens with zero attached hydrogens (tertiary/aromatic N) is 5. The van der Waals surface area contributed by atoms with Gasteiger partial charge >= 0.3 is 0 Å². The highest BCUT2D eigenvalue weighted by Crippen LogP contribution is 2.25. The number of aryl methyl sites for hydroxylation is 1. The molecule has 1 aliphatic heterocycles. The number of hydrogen-bond donors (Lipinski definition) is 3. The van der Waals surface area contributed by atoms with Gasteiger partial charge in [-0.05, 0) is 25.6 Å². The van der Waals surface area contributed by atoms with E-state index in [-0.39, 0.29) is 0 Å². The largest absolute Gasteiger partial charge is 0.393 e. The van der Waals surface area contributed by atoms with E-state index in [1.807, 2.05) is 19.1 Å². The van der Waals surface area contributed by atoms with Gasteiger partial charge in [0.2, 0.25) is 0 Å². The van der Waals surface area contributed by atoms with Gasteiger partial charge in [0.1, 0.15) is 17.8 Å². The minimum atomic E-state index is 0.480. The van der Waals surface area contributed by atoms with E-state index in [9.17, 15) is 0 Å². The quantitative estimate of drug-likeness (QED) is 0.771. The topological polar surface area (TPSA) is 95.2 Å². The number of hydrogen-bond acceptors (Lipinski definition) is 8. The van der Waals surface area contributed by atoms with Crippen LogP contribution in [0.1, 0.15) is 5.56 Å². The van der Waals surface area contributed by atoms with Gasteiger partial charge in [-0.25, -0.2) is 20.0 Å². The van der Waals surface area contributed by atoms with Crippen molar-refractivity contribution in [2.75, 3.05) is 49.7 Å². The maximum atomic E-state index is 6.19. The van der Waals surface area contributed by atoms with Crippen molar-refractivity contribution in [1.82, 2.24) is 24.9 Å². The normalized spacial score (nSPS) is 16.3. The first-order chi connectivity index (χ1) is 11.1. The first-order valence-corrected chi connectivity index (χ1v) is 7.62. The third-order valence-electron chi connectivity index (χ3n) is 3.81. The molecule has 4 N–H and O–H groups in total. The summed E-state index contributed by atoms with van der Waals surface area (Å²) in [5.74, 6) is 1.86. The third kappa shape index (κ3) is 3.85. The SMILES string of the molecule is Cc1ccc(Nc2ncnc(NN3CCN(C)CC3)c2N)nc1. The molecule has 8 nitrogen and oxygen atoms in total. The van der Waals surface area contributed by atoms with Gasteiger partial charge in [0.25, 0.3) is 0 Å². The van der Waals surface area contributed by atoms with Crippen LogP contribution in [0.15, 0.2) is 24.7 Å². The summed E-state index contributed by atoms with van der Waals surface area (Å²) in [5.41, 5.74) is 11.0. The average molecular weight is 314 g/mol. The summed E-state index contributed by atoms with van der Waals surface area (Å²) < 4.78 is 0. The fraction of sp³-hybridized carbons (Fsp3) is 0.400. The lowest BCUT2D eigenvalue weighted by Gasteiger charge is -2.32. The van der Waals surface area contributed by atoms with Crippen LogP contribution in [0.5, 0.6) is 0 Å². The van der Waals surface area contributed by atoms with Crippen LogP contribution in [0, 0.1) is 6.92 Å². The van der Waals surface area contributed by atoms with E-state index in [1.54, 1.807) is 6.20 Å². The van der Waals surface area contributed by atoms with Crippen LogP contribution in [0.25, 0.3) is 0 Å². The summed E-state index contributed by atoms with van der Waals surface area (Å²) in [5, 5.41) is 5.25. The maximum Gasteiger partial charge on any atom is 0.169 e. The lowest BCUT2D eigenvalue weighted by atomic mass is 10.3. The Morgan fingerprint density at radius 2 is 1.78 bits per heavy atom. The summed E-state index contributed by atoms with van der Waals surface area (Å²) in [6.45, 7) is 5.85. The molecule has 0 saturated carbocycles. The highest BCUT2D eigenvalue weighted by Gasteiger charge is 2.16. The molecule has 23 heavy (non-hydrogen) atoms. The Labute approximate surface area is 135 Å². The number of aromatic nitrogens is 3. The molecule has 2 aromatic heterocycles. The van der Waals surface area contributed by atoms with Crippen LogP contribution in [0.3, 0.4) is 0 Å². The molecule has 0 aliphatic carbocycles. The van der Waals surface area contributed by atoms with Gasteiger partial charge in [-0.1, -0.05) is 6.07 Å². The minimum absolute atomic E-state index is 0.480. The number of hydrazine groups is 1. The van der Waals surface area contributed by atoms with Gasteiger partial charge in [-0.3, -0.25) is 0 Å². The van der Waals surface area contributed by atoms with Gasteiger partial charge in [0.05, 0.1) is 0 Å². The first kappa shape index (κ1) is 15.4. The average Bonchev–Trinajstić information content (AvgIpc) is 2.55. The van der Waals surface area contributed by atoms with Crippen molar-refractivity contribution in [3.05, 3.63) is 30.2 Å². The second-order valence-corrected chi connectivity index (χ2v) is 5.73. The monoisotopic (exact) mass is 314 g/mol. The second-order valence-electron chi connectivity index (χ2n) is 5.73. The van der Waals surface area contributed by atoms with Crippen LogP contribution < -0.4 is 16.5 Å². The zero-order chi connectivity index (χ0) is 16.2. The third-order valence-corrected chi connectivity index (χ3v) is 3.81. The molecule has 122 valence electrons. The molecule has 3 heterocycles. The highest BCUT2D eigenvalue weighted by atomic mass is 15.5. The van der Waals surface area contributed by atoms with Crippen molar-refractivity contribution in [2.24, 2.45) is 0 Å². The maximum absolute atomic E-state index is 6.19. The lowest BCUT2D eigenvalue weighted by Crippen LogP contribution is -2.47. The van der Waals surface area contributed by atoms with Crippen molar-refractivity contribution in [2.45, 2.75) is 6.92 Å². The summed E-state index contributed by atoms with van der Waals surface area (Å²) >= 11 is 0. The molecular weight excluding hydrogens is 292 g/mol. The van der Waals surface area contributed by atoms with E-state index in [4.69, 9.17) is 5.73 Å². The molecule has 1 fully saturated rings. The summed E-state index contributed by atoms with van der Waals surface area (Å²) in [4.78, 5) is 15.0. The molecule has 2 aromatic rings. The van der Waals surface area contributed by atoms with Crippen molar-refractivity contribution >= 4 is 23.1 Å². The number of nitrogen functional groups attached to an aromatic ring is 1. The number of rotatable bonds is 4. The smallest absolute Gasteiger partial charge is 0.169 e. The number of anilines is 4. The summed E-state index contributed by atoms with van der Waals surface area (Å²) in [7, 11) is 2.12. The molecule has 3 rings (SSSR count). The molecule has 0 spiro atoms. The Balaban J connectivity index is 1.71. The molecule has 0 radical (unpaired) electrons. The molecule has 1 aliphatic rings. The van der Waals surface area contributed by atoms with E-state index in [1.165, 1.54) is 6.33 Å². The van der Waals surface area contributed by atoms with Gasteiger partial charge in [-0.2, -0.15) is 0 Å². The van der Waals surface area contributed by atoms with Crippen LogP contribution in [-0.2, 0) is 0 Å². The molecule has 0 bridgehead atoms.